The molecule has 0 saturated heterocycles. The van der Waals surface area contributed by atoms with Crippen LogP contribution in [-0.4, -0.2) is 43.3 Å². The number of anilines is 1. The van der Waals surface area contributed by atoms with E-state index in [4.69, 9.17) is 0 Å². The van der Waals surface area contributed by atoms with Gasteiger partial charge in [0.05, 0.1) is 15.8 Å². The summed E-state index contributed by atoms with van der Waals surface area (Å²) in [6, 6.07) is 3.71. The smallest absolute Gasteiger partial charge is 0.337 e. The van der Waals surface area contributed by atoms with E-state index in [1.54, 1.807) is 6.92 Å². The Morgan fingerprint density at radius 2 is 2.15 bits per heavy atom. The Kier molecular flexibility index (Phi) is 3.94. The number of carboxylic acid groups (broad SMARTS) is 1. The summed E-state index contributed by atoms with van der Waals surface area (Å²) in [4.78, 5) is 33.8. The third-order valence-electron chi connectivity index (χ3n) is 3.87. The lowest BCUT2D eigenvalue weighted by Crippen LogP contribution is -2.40. The number of nitrogens with one attached hydrogen (secondary N) is 1. The number of rotatable bonds is 4. The molecular formula is C16H12N4O4S2. The molecule has 1 aliphatic rings. The molecule has 132 valence electrons. The summed E-state index contributed by atoms with van der Waals surface area (Å²) in [5.41, 5.74) is 3.30. The van der Waals surface area contributed by atoms with Gasteiger partial charge in [-0.2, -0.15) is 0 Å². The van der Waals surface area contributed by atoms with Crippen LogP contribution in [0.5, 0.6) is 0 Å². The van der Waals surface area contributed by atoms with E-state index < -0.39 is 18.1 Å². The number of hydrogen-bond acceptors (Lipinski definition) is 8. The molecule has 1 unspecified atom stereocenters. The average molecular weight is 388 g/mol. The van der Waals surface area contributed by atoms with Crippen LogP contribution in [0.2, 0.25) is 0 Å². The van der Waals surface area contributed by atoms with Crippen LogP contribution in [0.4, 0.5) is 5.82 Å². The first kappa shape index (κ1) is 16.6. The maximum Gasteiger partial charge on any atom is 0.337 e. The number of aromatic carboxylic acids is 1. The van der Waals surface area contributed by atoms with E-state index in [1.165, 1.54) is 34.1 Å². The molecule has 3 aromatic heterocycles. The topological polar surface area (TPSA) is 116 Å². The largest absolute Gasteiger partial charge is 0.478 e. The van der Waals surface area contributed by atoms with Gasteiger partial charge in [-0.15, -0.1) is 22.7 Å². The van der Waals surface area contributed by atoms with Crippen molar-refractivity contribution in [2.24, 2.45) is 0 Å². The third-order valence-corrected chi connectivity index (χ3v) is 5.61. The van der Waals surface area contributed by atoms with Crippen LogP contribution in [0, 0.1) is 0 Å². The summed E-state index contributed by atoms with van der Waals surface area (Å²) in [5.74, 6) is -0.979. The molecule has 0 fully saturated rings. The molecule has 1 aliphatic heterocycles. The SMILES string of the molecule is CC1=CC(=O)N(Nc2nc(-c3cccs3)nc3scc(C(=O)O)c23)C1O. The summed E-state index contributed by atoms with van der Waals surface area (Å²) < 4.78 is 0. The fraction of sp³-hybridized carbons (Fsp3) is 0.125. The predicted octanol–water partition coefficient (Wildman–Crippen LogP) is 2.55. The van der Waals surface area contributed by atoms with Crippen molar-refractivity contribution in [1.29, 1.82) is 0 Å². The minimum atomic E-state index is -1.15. The molecule has 0 aliphatic carbocycles. The van der Waals surface area contributed by atoms with E-state index in [9.17, 15) is 19.8 Å². The van der Waals surface area contributed by atoms with Crippen molar-refractivity contribution in [3.63, 3.8) is 0 Å². The summed E-state index contributed by atoms with van der Waals surface area (Å²) in [6.07, 6.45) is 0.159. The second kappa shape index (κ2) is 6.16. The highest BCUT2D eigenvalue weighted by atomic mass is 32.1. The first-order valence-electron chi connectivity index (χ1n) is 7.48. The van der Waals surface area contributed by atoms with E-state index in [-0.39, 0.29) is 11.4 Å². The van der Waals surface area contributed by atoms with Gasteiger partial charge in [-0.05, 0) is 23.9 Å². The van der Waals surface area contributed by atoms with Gasteiger partial charge in [-0.25, -0.2) is 19.8 Å². The number of carbonyl (C=O) groups excluding carboxylic acids is 1. The van der Waals surface area contributed by atoms with Gasteiger partial charge in [-0.1, -0.05) is 6.07 Å². The number of amides is 1. The van der Waals surface area contributed by atoms with Gasteiger partial charge in [0.2, 0.25) is 0 Å². The Morgan fingerprint density at radius 1 is 1.35 bits per heavy atom. The van der Waals surface area contributed by atoms with Crippen LogP contribution in [0.15, 0.2) is 34.5 Å². The molecule has 3 N–H and O–H groups in total. The standard InChI is InChI=1S/C16H12N4O4S2/c1-7-5-10(21)20(15(7)22)19-13-11-8(16(23)24)6-26-14(11)18-12(17-13)9-3-2-4-25-9/h2-6,15,22H,1H3,(H,23,24)(H,17,18,19). The summed E-state index contributed by atoms with van der Waals surface area (Å²) in [6.45, 7) is 1.63. The van der Waals surface area contributed by atoms with Crippen LogP contribution in [0.25, 0.3) is 20.9 Å². The fourth-order valence-corrected chi connectivity index (χ4v) is 4.16. The first-order chi connectivity index (χ1) is 12.5. The van der Waals surface area contributed by atoms with Crippen molar-refractivity contribution in [3.8, 4) is 10.7 Å². The number of aliphatic hydroxyl groups excluding tert-OH is 1. The second-order valence-electron chi connectivity index (χ2n) is 5.59. The Balaban J connectivity index is 1.86. The van der Waals surface area contributed by atoms with Crippen molar-refractivity contribution >= 4 is 50.6 Å². The number of aliphatic hydroxyl groups is 1. The molecule has 4 rings (SSSR count). The van der Waals surface area contributed by atoms with Crippen LogP contribution in [0.3, 0.4) is 0 Å². The van der Waals surface area contributed by atoms with Gasteiger partial charge in [0.25, 0.3) is 5.91 Å². The Hall–Kier alpha value is -2.82. The minimum absolute atomic E-state index is 0.0380. The molecule has 0 saturated carbocycles. The Bertz CT molecular complexity index is 1060. The normalized spacial score (nSPS) is 17.0. The quantitative estimate of drug-likeness (QED) is 0.629. The van der Waals surface area contributed by atoms with Crippen molar-refractivity contribution in [1.82, 2.24) is 15.0 Å². The Morgan fingerprint density at radius 3 is 2.77 bits per heavy atom. The number of thiophene rings is 2. The van der Waals surface area contributed by atoms with Crippen molar-refractivity contribution in [2.45, 2.75) is 13.2 Å². The highest BCUT2D eigenvalue weighted by Gasteiger charge is 2.30. The monoisotopic (exact) mass is 388 g/mol. The second-order valence-corrected chi connectivity index (χ2v) is 7.40. The van der Waals surface area contributed by atoms with Crippen LogP contribution < -0.4 is 5.43 Å². The minimum Gasteiger partial charge on any atom is -0.478 e. The highest BCUT2D eigenvalue weighted by Crippen LogP contribution is 2.34. The van der Waals surface area contributed by atoms with Crippen LogP contribution in [0.1, 0.15) is 17.3 Å². The number of hydrogen-bond donors (Lipinski definition) is 3. The molecular weight excluding hydrogens is 376 g/mol. The number of aromatic nitrogens is 2. The maximum atomic E-state index is 12.1. The average Bonchev–Trinajstić information content (AvgIpc) is 3.31. The van der Waals surface area contributed by atoms with E-state index in [1.807, 2.05) is 17.5 Å². The van der Waals surface area contributed by atoms with Crippen LogP contribution in [-0.2, 0) is 4.79 Å². The lowest BCUT2D eigenvalue weighted by molar-refractivity contribution is -0.129. The number of hydrazine groups is 1. The van der Waals surface area contributed by atoms with E-state index in [2.05, 4.69) is 15.4 Å². The summed E-state index contributed by atoms with van der Waals surface area (Å²) >= 11 is 2.63. The first-order valence-corrected chi connectivity index (χ1v) is 9.24. The van der Waals surface area contributed by atoms with Crippen LogP contribution >= 0.6 is 22.7 Å². The number of carbonyl (C=O) groups is 2. The zero-order valence-electron chi connectivity index (χ0n) is 13.3. The predicted molar refractivity (Wildman–Crippen MR) is 97.9 cm³/mol. The molecule has 8 nitrogen and oxygen atoms in total. The lowest BCUT2D eigenvalue weighted by atomic mass is 10.2. The zero-order valence-corrected chi connectivity index (χ0v) is 15.0. The molecule has 1 amide bonds. The molecule has 4 heterocycles. The fourth-order valence-electron chi connectivity index (χ4n) is 2.59. The lowest BCUT2D eigenvalue weighted by Gasteiger charge is -2.23. The molecule has 0 radical (unpaired) electrons. The maximum absolute atomic E-state index is 12.1. The van der Waals surface area contributed by atoms with Crippen molar-refractivity contribution in [2.75, 3.05) is 5.43 Å². The van der Waals surface area contributed by atoms with Gasteiger partial charge in [0, 0.05) is 11.5 Å². The molecule has 26 heavy (non-hydrogen) atoms. The Labute approximate surface area is 155 Å². The van der Waals surface area contributed by atoms with Gasteiger partial charge in [0.1, 0.15) is 4.83 Å². The molecule has 10 heteroatoms. The summed E-state index contributed by atoms with van der Waals surface area (Å²) in [7, 11) is 0. The van der Waals surface area contributed by atoms with Gasteiger partial charge >= 0.3 is 5.97 Å². The number of carboxylic acids is 1. The summed E-state index contributed by atoms with van der Waals surface area (Å²) in [5, 5.41) is 24.3. The van der Waals surface area contributed by atoms with E-state index >= 15 is 0 Å². The zero-order chi connectivity index (χ0) is 18.4. The van der Waals surface area contributed by atoms with Crippen molar-refractivity contribution < 1.29 is 19.8 Å². The number of fused-ring (bicyclic) bond motifs is 1. The molecule has 3 aromatic rings. The molecule has 0 spiro atoms. The van der Waals surface area contributed by atoms with Gasteiger partial charge < -0.3 is 10.2 Å². The van der Waals surface area contributed by atoms with E-state index in [0.717, 1.165) is 9.89 Å². The van der Waals surface area contributed by atoms with E-state index in [0.29, 0.717) is 21.6 Å². The van der Waals surface area contributed by atoms with Crippen molar-refractivity contribution in [3.05, 3.63) is 40.1 Å². The molecule has 1 atom stereocenters. The van der Waals surface area contributed by atoms with Gasteiger partial charge in [0.15, 0.2) is 17.9 Å². The van der Waals surface area contributed by atoms with Gasteiger partial charge in [-0.3, -0.25) is 10.2 Å². The molecule has 0 bridgehead atoms. The highest BCUT2D eigenvalue weighted by molar-refractivity contribution is 7.17. The number of nitrogens with zero attached hydrogens (tertiary/aromatic N) is 3. The third kappa shape index (κ3) is 2.64. The molecule has 0 aromatic carbocycles.